The lowest BCUT2D eigenvalue weighted by Gasteiger charge is -2.40. The van der Waals surface area contributed by atoms with Crippen molar-refractivity contribution >= 4 is 11.6 Å². The molecular formula is C13H17ClO. The summed E-state index contributed by atoms with van der Waals surface area (Å²) in [5, 5.41) is 0. The Balaban J connectivity index is 1.75. The van der Waals surface area contributed by atoms with Crippen LogP contribution < -0.4 is 4.74 Å². The van der Waals surface area contributed by atoms with Crippen LogP contribution >= 0.6 is 11.6 Å². The zero-order valence-corrected chi connectivity index (χ0v) is 9.67. The summed E-state index contributed by atoms with van der Waals surface area (Å²) in [6.07, 6.45) is 4.97. The summed E-state index contributed by atoms with van der Waals surface area (Å²) >= 11 is 5.99. The fourth-order valence-corrected chi connectivity index (χ4v) is 2.43. The van der Waals surface area contributed by atoms with Gasteiger partial charge in [-0.2, -0.15) is 0 Å². The minimum atomic E-state index is 0.385. The Hall–Kier alpha value is -0.690. The maximum absolute atomic E-state index is 5.99. The Morgan fingerprint density at radius 2 is 1.93 bits per heavy atom. The Bertz CT molecular complexity index is 287. The minimum absolute atomic E-state index is 0.385. The van der Waals surface area contributed by atoms with Crippen LogP contribution in [0.25, 0.3) is 0 Å². The first-order chi connectivity index (χ1) is 7.35. The summed E-state index contributed by atoms with van der Waals surface area (Å²) in [6.45, 7) is 0.788. The zero-order chi connectivity index (χ0) is 10.6. The van der Waals surface area contributed by atoms with Gasteiger partial charge in [-0.25, -0.2) is 0 Å². The van der Waals surface area contributed by atoms with Crippen LogP contribution in [-0.4, -0.2) is 12.5 Å². The highest BCUT2D eigenvalue weighted by Crippen LogP contribution is 2.44. The van der Waals surface area contributed by atoms with Crippen LogP contribution in [0.4, 0.5) is 0 Å². The summed E-state index contributed by atoms with van der Waals surface area (Å²) in [4.78, 5) is 0. The minimum Gasteiger partial charge on any atom is -0.494 e. The third-order valence-electron chi connectivity index (χ3n) is 3.34. The van der Waals surface area contributed by atoms with Crippen molar-refractivity contribution in [3.8, 4) is 5.75 Å². The molecule has 1 fully saturated rings. The van der Waals surface area contributed by atoms with Crippen LogP contribution in [-0.2, 0) is 0 Å². The maximum Gasteiger partial charge on any atom is 0.119 e. The van der Waals surface area contributed by atoms with E-state index in [0.29, 0.717) is 5.41 Å². The number of para-hydroxylation sites is 1. The van der Waals surface area contributed by atoms with E-state index in [1.54, 1.807) is 0 Å². The molecule has 0 bridgehead atoms. The van der Waals surface area contributed by atoms with Gasteiger partial charge in [0, 0.05) is 5.88 Å². The van der Waals surface area contributed by atoms with Crippen LogP contribution in [0.1, 0.15) is 25.7 Å². The molecule has 2 heteroatoms. The molecule has 1 aromatic carbocycles. The van der Waals surface area contributed by atoms with Crippen LogP contribution in [0.2, 0.25) is 0 Å². The highest BCUT2D eigenvalue weighted by Gasteiger charge is 2.35. The SMILES string of the molecule is ClCC1(CCOc2ccccc2)CCC1. The third-order valence-corrected chi connectivity index (χ3v) is 3.91. The van der Waals surface area contributed by atoms with E-state index in [0.717, 1.165) is 24.7 Å². The Morgan fingerprint density at radius 1 is 1.20 bits per heavy atom. The van der Waals surface area contributed by atoms with Crippen molar-refractivity contribution in [2.24, 2.45) is 5.41 Å². The molecule has 0 aliphatic heterocycles. The topological polar surface area (TPSA) is 9.23 Å². The molecule has 1 aliphatic carbocycles. The molecule has 0 aromatic heterocycles. The van der Waals surface area contributed by atoms with Crippen molar-refractivity contribution in [2.45, 2.75) is 25.7 Å². The van der Waals surface area contributed by atoms with Gasteiger partial charge >= 0.3 is 0 Å². The van der Waals surface area contributed by atoms with Gasteiger partial charge < -0.3 is 4.74 Å². The quantitative estimate of drug-likeness (QED) is 0.690. The summed E-state index contributed by atoms with van der Waals surface area (Å²) in [6, 6.07) is 9.98. The second kappa shape index (κ2) is 4.89. The molecule has 15 heavy (non-hydrogen) atoms. The Labute approximate surface area is 96.4 Å². The van der Waals surface area contributed by atoms with Crippen LogP contribution in [0, 0.1) is 5.41 Å². The van der Waals surface area contributed by atoms with E-state index in [-0.39, 0.29) is 0 Å². The zero-order valence-electron chi connectivity index (χ0n) is 8.92. The molecule has 0 N–H and O–H groups in total. The van der Waals surface area contributed by atoms with Gasteiger partial charge in [0.25, 0.3) is 0 Å². The van der Waals surface area contributed by atoms with Gasteiger partial charge in [0.15, 0.2) is 0 Å². The van der Waals surface area contributed by atoms with Crippen LogP contribution in [0.3, 0.4) is 0 Å². The van der Waals surface area contributed by atoms with Crippen molar-refractivity contribution in [1.29, 1.82) is 0 Å². The Kier molecular flexibility index (Phi) is 3.53. The first kappa shape index (κ1) is 10.8. The van der Waals surface area contributed by atoms with Gasteiger partial charge in [0.1, 0.15) is 5.75 Å². The average Bonchev–Trinajstić information content (AvgIpc) is 2.24. The Morgan fingerprint density at radius 3 is 2.47 bits per heavy atom. The van der Waals surface area contributed by atoms with Crippen molar-refractivity contribution < 1.29 is 4.74 Å². The summed E-state index contributed by atoms with van der Waals surface area (Å²) in [5.74, 6) is 1.74. The molecule has 0 unspecified atom stereocenters. The van der Waals surface area contributed by atoms with E-state index in [4.69, 9.17) is 16.3 Å². The van der Waals surface area contributed by atoms with Gasteiger partial charge in [0.05, 0.1) is 6.61 Å². The number of ether oxygens (including phenoxy) is 1. The van der Waals surface area contributed by atoms with E-state index in [1.807, 2.05) is 30.3 Å². The maximum atomic E-state index is 5.99. The normalized spacial score (nSPS) is 18.2. The lowest BCUT2D eigenvalue weighted by atomic mass is 9.68. The van der Waals surface area contributed by atoms with Crippen molar-refractivity contribution in [2.75, 3.05) is 12.5 Å². The molecular weight excluding hydrogens is 208 g/mol. The van der Waals surface area contributed by atoms with E-state index in [1.165, 1.54) is 19.3 Å². The predicted octanol–water partition coefficient (Wildman–Crippen LogP) is 3.86. The van der Waals surface area contributed by atoms with Crippen molar-refractivity contribution in [3.05, 3.63) is 30.3 Å². The molecule has 0 radical (unpaired) electrons. The van der Waals surface area contributed by atoms with E-state index in [2.05, 4.69) is 0 Å². The molecule has 2 rings (SSSR count). The second-order valence-corrected chi connectivity index (χ2v) is 4.67. The number of hydrogen-bond donors (Lipinski definition) is 0. The number of hydrogen-bond acceptors (Lipinski definition) is 1. The molecule has 82 valence electrons. The standard InChI is InChI=1S/C13H17ClO/c14-11-13(7-4-8-13)9-10-15-12-5-2-1-3-6-12/h1-3,5-6H,4,7-11H2. The first-order valence-electron chi connectivity index (χ1n) is 5.58. The molecule has 1 nitrogen and oxygen atoms in total. The lowest BCUT2D eigenvalue weighted by molar-refractivity contribution is 0.120. The summed E-state index contributed by atoms with van der Waals surface area (Å²) < 4.78 is 5.68. The van der Waals surface area contributed by atoms with Gasteiger partial charge in [-0.1, -0.05) is 24.6 Å². The fourth-order valence-electron chi connectivity index (χ4n) is 2.03. The first-order valence-corrected chi connectivity index (χ1v) is 6.12. The van der Waals surface area contributed by atoms with E-state index in [9.17, 15) is 0 Å². The van der Waals surface area contributed by atoms with Gasteiger partial charge in [0.2, 0.25) is 0 Å². The van der Waals surface area contributed by atoms with Crippen LogP contribution in [0.5, 0.6) is 5.75 Å². The molecule has 0 saturated heterocycles. The number of alkyl halides is 1. The molecule has 1 aliphatic rings. The molecule has 0 heterocycles. The molecule has 0 amide bonds. The molecule has 1 saturated carbocycles. The van der Waals surface area contributed by atoms with E-state index >= 15 is 0 Å². The van der Waals surface area contributed by atoms with E-state index < -0.39 is 0 Å². The van der Waals surface area contributed by atoms with Crippen molar-refractivity contribution in [3.63, 3.8) is 0 Å². The van der Waals surface area contributed by atoms with Gasteiger partial charge in [-0.3, -0.25) is 0 Å². The largest absolute Gasteiger partial charge is 0.494 e. The highest BCUT2D eigenvalue weighted by atomic mass is 35.5. The smallest absolute Gasteiger partial charge is 0.119 e. The fraction of sp³-hybridized carbons (Fsp3) is 0.538. The predicted molar refractivity (Wildman–Crippen MR) is 63.6 cm³/mol. The van der Waals surface area contributed by atoms with Gasteiger partial charge in [-0.05, 0) is 36.8 Å². The lowest BCUT2D eigenvalue weighted by Crippen LogP contribution is -2.32. The second-order valence-electron chi connectivity index (χ2n) is 4.40. The number of benzene rings is 1. The molecule has 1 aromatic rings. The third kappa shape index (κ3) is 2.66. The van der Waals surface area contributed by atoms with Crippen LogP contribution in [0.15, 0.2) is 30.3 Å². The summed E-state index contributed by atoms with van der Waals surface area (Å²) in [7, 11) is 0. The number of rotatable bonds is 5. The van der Waals surface area contributed by atoms with Gasteiger partial charge in [-0.15, -0.1) is 11.6 Å². The monoisotopic (exact) mass is 224 g/mol. The van der Waals surface area contributed by atoms with Crippen molar-refractivity contribution in [1.82, 2.24) is 0 Å². The summed E-state index contributed by atoms with van der Waals surface area (Å²) in [5.41, 5.74) is 0.385. The number of halogens is 1. The molecule has 0 spiro atoms. The average molecular weight is 225 g/mol. The molecule has 0 atom stereocenters. The highest BCUT2D eigenvalue weighted by molar-refractivity contribution is 6.18.